The van der Waals surface area contributed by atoms with Crippen LogP contribution in [-0.4, -0.2) is 52.7 Å². The molecule has 3 heterocycles. The zero-order valence-corrected chi connectivity index (χ0v) is 13.4. The smallest absolute Gasteiger partial charge is 0.328 e. The Morgan fingerprint density at radius 1 is 1.50 bits per heavy atom. The Kier molecular flexibility index (Phi) is 4.23. The Balaban J connectivity index is 1.90. The second-order valence-electron chi connectivity index (χ2n) is 4.84. The fourth-order valence-corrected chi connectivity index (χ4v) is 4.10. The van der Waals surface area contributed by atoms with Crippen LogP contribution in [0.5, 0.6) is 0 Å². The second kappa shape index (κ2) is 6.15. The summed E-state index contributed by atoms with van der Waals surface area (Å²) in [6, 6.07) is 2.94. The predicted octanol–water partition coefficient (Wildman–Crippen LogP) is 2.11. The number of carboxylic acid groups (broad SMARTS) is 1. The van der Waals surface area contributed by atoms with Crippen LogP contribution in [0.3, 0.4) is 0 Å². The Labute approximate surface area is 135 Å². The molecule has 1 atom stereocenters. The van der Waals surface area contributed by atoms with Crippen LogP contribution in [-0.2, 0) is 9.53 Å². The van der Waals surface area contributed by atoms with Gasteiger partial charge in [0.1, 0.15) is 9.88 Å². The number of hydrogen-bond acceptors (Lipinski definition) is 6. The molecule has 22 heavy (non-hydrogen) atoms. The summed E-state index contributed by atoms with van der Waals surface area (Å²) >= 11 is 2.87. The van der Waals surface area contributed by atoms with Crippen LogP contribution in [0, 0.1) is 6.92 Å². The van der Waals surface area contributed by atoms with E-state index in [1.54, 1.807) is 18.3 Å². The van der Waals surface area contributed by atoms with Crippen molar-refractivity contribution in [2.24, 2.45) is 0 Å². The number of aryl methyl sites for hydroxylation is 1. The minimum atomic E-state index is -1.05. The molecule has 0 saturated carbocycles. The first-order chi connectivity index (χ1) is 10.6. The van der Waals surface area contributed by atoms with E-state index in [-0.39, 0.29) is 19.1 Å². The molecule has 2 aromatic rings. The molecule has 3 rings (SSSR count). The number of carboxylic acids is 1. The van der Waals surface area contributed by atoms with Crippen LogP contribution in [0.15, 0.2) is 17.5 Å². The SMILES string of the molecule is Cc1nc(-c2cccs2)sc1C(=O)N1CCOCC1C(=O)O. The summed E-state index contributed by atoms with van der Waals surface area (Å²) in [5, 5.41) is 12.0. The topological polar surface area (TPSA) is 79.7 Å². The second-order valence-corrected chi connectivity index (χ2v) is 6.79. The van der Waals surface area contributed by atoms with Crippen LogP contribution >= 0.6 is 22.7 Å². The van der Waals surface area contributed by atoms with E-state index >= 15 is 0 Å². The molecule has 2 aromatic heterocycles. The molecule has 1 aliphatic rings. The van der Waals surface area contributed by atoms with Crippen LogP contribution in [0.25, 0.3) is 9.88 Å². The van der Waals surface area contributed by atoms with Crippen LogP contribution in [0.4, 0.5) is 0 Å². The molecule has 0 bridgehead atoms. The molecule has 1 fully saturated rings. The van der Waals surface area contributed by atoms with Gasteiger partial charge in [-0.3, -0.25) is 4.79 Å². The van der Waals surface area contributed by atoms with Gasteiger partial charge in [0.2, 0.25) is 0 Å². The van der Waals surface area contributed by atoms with Crippen molar-refractivity contribution in [3.05, 3.63) is 28.1 Å². The van der Waals surface area contributed by atoms with Crippen LogP contribution in [0.2, 0.25) is 0 Å². The highest BCUT2D eigenvalue weighted by molar-refractivity contribution is 7.22. The summed E-state index contributed by atoms with van der Waals surface area (Å²) in [5.74, 6) is -1.33. The molecule has 116 valence electrons. The third-order valence-electron chi connectivity index (χ3n) is 3.40. The summed E-state index contributed by atoms with van der Waals surface area (Å²) < 4.78 is 5.17. The Morgan fingerprint density at radius 3 is 3.00 bits per heavy atom. The zero-order chi connectivity index (χ0) is 15.7. The molecule has 8 heteroatoms. The van der Waals surface area contributed by atoms with E-state index in [1.807, 2.05) is 17.5 Å². The molecule has 0 radical (unpaired) electrons. The Morgan fingerprint density at radius 2 is 2.32 bits per heavy atom. The highest BCUT2D eigenvalue weighted by Crippen LogP contribution is 2.32. The van der Waals surface area contributed by atoms with E-state index in [4.69, 9.17) is 4.74 Å². The maximum absolute atomic E-state index is 12.7. The van der Waals surface area contributed by atoms with Crippen molar-refractivity contribution in [3.63, 3.8) is 0 Å². The largest absolute Gasteiger partial charge is 0.480 e. The Bertz CT molecular complexity index is 696. The summed E-state index contributed by atoms with van der Waals surface area (Å²) in [6.45, 7) is 2.43. The number of aliphatic carboxylic acids is 1. The molecular weight excluding hydrogens is 324 g/mol. The van der Waals surface area contributed by atoms with E-state index < -0.39 is 12.0 Å². The van der Waals surface area contributed by atoms with Crippen molar-refractivity contribution in [1.82, 2.24) is 9.88 Å². The van der Waals surface area contributed by atoms with Gasteiger partial charge in [0.25, 0.3) is 5.91 Å². The number of nitrogens with zero attached hydrogens (tertiary/aromatic N) is 2. The number of hydrogen-bond donors (Lipinski definition) is 1. The minimum absolute atomic E-state index is 0.0245. The number of carbonyl (C=O) groups excluding carboxylic acids is 1. The number of carbonyl (C=O) groups is 2. The van der Waals surface area contributed by atoms with Crippen LogP contribution in [0.1, 0.15) is 15.4 Å². The average molecular weight is 338 g/mol. The number of thiophene rings is 1. The molecule has 1 saturated heterocycles. The van der Waals surface area contributed by atoms with Crippen molar-refractivity contribution < 1.29 is 19.4 Å². The lowest BCUT2D eigenvalue weighted by atomic mass is 10.2. The van der Waals surface area contributed by atoms with E-state index in [1.165, 1.54) is 16.2 Å². The van der Waals surface area contributed by atoms with E-state index in [0.717, 1.165) is 9.88 Å². The predicted molar refractivity (Wildman–Crippen MR) is 83.4 cm³/mol. The fraction of sp³-hybridized carbons (Fsp3) is 0.357. The van der Waals surface area contributed by atoms with Gasteiger partial charge in [-0.2, -0.15) is 0 Å². The summed E-state index contributed by atoms with van der Waals surface area (Å²) in [6.07, 6.45) is 0. The van der Waals surface area contributed by atoms with Gasteiger partial charge in [0.05, 0.1) is 23.8 Å². The van der Waals surface area contributed by atoms with Crippen molar-refractivity contribution in [2.75, 3.05) is 19.8 Å². The maximum atomic E-state index is 12.7. The van der Waals surface area contributed by atoms with Crippen molar-refractivity contribution in [1.29, 1.82) is 0 Å². The molecule has 0 aromatic carbocycles. The maximum Gasteiger partial charge on any atom is 0.328 e. The fourth-order valence-electron chi connectivity index (χ4n) is 2.28. The van der Waals surface area contributed by atoms with Gasteiger partial charge in [0, 0.05) is 6.54 Å². The molecule has 1 aliphatic heterocycles. The average Bonchev–Trinajstić information content (AvgIpc) is 3.15. The van der Waals surface area contributed by atoms with Gasteiger partial charge in [0.15, 0.2) is 6.04 Å². The highest BCUT2D eigenvalue weighted by Gasteiger charge is 2.34. The van der Waals surface area contributed by atoms with E-state index in [2.05, 4.69) is 4.98 Å². The minimum Gasteiger partial charge on any atom is -0.480 e. The van der Waals surface area contributed by atoms with Gasteiger partial charge >= 0.3 is 5.97 Å². The molecule has 0 aliphatic carbocycles. The summed E-state index contributed by atoms with van der Waals surface area (Å²) in [7, 11) is 0. The number of aromatic nitrogens is 1. The van der Waals surface area contributed by atoms with Gasteiger partial charge in [-0.05, 0) is 18.4 Å². The van der Waals surface area contributed by atoms with Gasteiger partial charge in [-0.25, -0.2) is 9.78 Å². The number of rotatable bonds is 3. The third kappa shape index (κ3) is 2.77. The Hall–Kier alpha value is -1.77. The zero-order valence-electron chi connectivity index (χ0n) is 11.8. The normalized spacial score (nSPS) is 18.4. The molecule has 1 N–H and O–H groups in total. The first-order valence-corrected chi connectivity index (χ1v) is 8.40. The summed E-state index contributed by atoms with van der Waals surface area (Å²) in [5.41, 5.74) is 0.633. The highest BCUT2D eigenvalue weighted by atomic mass is 32.1. The standard InChI is InChI=1S/C14H14N2O4S2/c1-8-11(22-12(15-8)10-3-2-6-21-10)13(17)16-4-5-20-7-9(16)14(18)19/h2-3,6,9H,4-5,7H2,1H3,(H,18,19). The van der Waals surface area contributed by atoms with E-state index in [0.29, 0.717) is 17.2 Å². The molecular formula is C14H14N2O4S2. The molecule has 1 unspecified atom stereocenters. The van der Waals surface area contributed by atoms with Gasteiger partial charge in [-0.1, -0.05) is 6.07 Å². The lowest BCUT2D eigenvalue weighted by molar-refractivity contribution is -0.147. The molecule has 6 nitrogen and oxygen atoms in total. The third-order valence-corrected chi connectivity index (χ3v) is 5.58. The van der Waals surface area contributed by atoms with Gasteiger partial charge in [-0.15, -0.1) is 22.7 Å². The first-order valence-electron chi connectivity index (χ1n) is 6.70. The van der Waals surface area contributed by atoms with Crippen molar-refractivity contribution >= 4 is 34.6 Å². The quantitative estimate of drug-likeness (QED) is 0.927. The number of thiazole rings is 1. The number of morpholine rings is 1. The monoisotopic (exact) mass is 338 g/mol. The molecule has 1 amide bonds. The van der Waals surface area contributed by atoms with Crippen LogP contribution < -0.4 is 0 Å². The van der Waals surface area contributed by atoms with Crippen molar-refractivity contribution in [2.45, 2.75) is 13.0 Å². The number of amides is 1. The summed E-state index contributed by atoms with van der Waals surface area (Å²) in [4.78, 5) is 31.3. The van der Waals surface area contributed by atoms with E-state index in [9.17, 15) is 14.7 Å². The first kappa shape index (κ1) is 15.1. The number of ether oxygens (including phenoxy) is 1. The lowest BCUT2D eigenvalue weighted by Gasteiger charge is -2.32. The lowest BCUT2D eigenvalue weighted by Crippen LogP contribution is -2.52. The van der Waals surface area contributed by atoms with Gasteiger partial charge < -0.3 is 14.7 Å². The van der Waals surface area contributed by atoms with Crippen molar-refractivity contribution in [3.8, 4) is 9.88 Å². The molecule has 0 spiro atoms.